The van der Waals surface area contributed by atoms with Gasteiger partial charge in [0.15, 0.2) is 0 Å². The van der Waals surface area contributed by atoms with Gasteiger partial charge in [-0.05, 0) is 44.2 Å². The zero-order valence-corrected chi connectivity index (χ0v) is 12.4. The molecule has 3 nitrogen and oxygen atoms in total. The van der Waals surface area contributed by atoms with E-state index in [9.17, 15) is 0 Å². The van der Waals surface area contributed by atoms with Gasteiger partial charge in [0.1, 0.15) is 5.82 Å². The van der Waals surface area contributed by atoms with Crippen molar-refractivity contribution in [2.45, 2.75) is 37.8 Å². The fraction of sp³-hybridized carbons (Fsp3) is 0.444. The van der Waals surface area contributed by atoms with Crippen LogP contribution in [-0.4, -0.2) is 28.0 Å². The molecule has 2 heterocycles. The van der Waals surface area contributed by atoms with Crippen molar-refractivity contribution in [3.63, 3.8) is 0 Å². The van der Waals surface area contributed by atoms with Gasteiger partial charge in [0.2, 0.25) is 0 Å². The highest BCUT2D eigenvalue weighted by Gasteiger charge is 2.39. The molecule has 3 unspecified atom stereocenters. The van der Waals surface area contributed by atoms with Gasteiger partial charge in [0.25, 0.3) is 0 Å². The smallest absolute Gasteiger partial charge is 0.145 e. The first-order valence-electron chi connectivity index (χ1n) is 7.90. The van der Waals surface area contributed by atoms with Crippen LogP contribution in [0, 0.1) is 5.92 Å². The molecule has 4 rings (SSSR count). The van der Waals surface area contributed by atoms with Crippen molar-refractivity contribution in [3.05, 3.63) is 48.5 Å². The van der Waals surface area contributed by atoms with E-state index in [2.05, 4.69) is 46.2 Å². The standard InChI is InChI=1S/C18H21N3/c1-21-16-8-7-13(9-16)10-17(21)18-19-11-15(12-20-18)14-5-3-2-4-6-14/h2-6,11-13,16-17H,7-10H2,1H3. The maximum absolute atomic E-state index is 4.67. The summed E-state index contributed by atoms with van der Waals surface area (Å²) in [7, 11) is 2.24. The Morgan fingerprint density at radius 3 is 2.48 bits per heavy atom. The van der Waals surface area contributed by atoms with Gasteiger partial charge < -0.3 is 0 Å². The predicted molar refractivity (Wildman–Crippen MR) is 83.7 cm³/mol. The molecule has 108 valence electrons. The van der Waals surface area contributed by atoms with Crippen LogP contribution in [0.15, 0.2) is 42.7 Å². The van der Waals surface area contributed by atoms with Crippen molar-refractivity contribution >= 4 is 0 Å². The normalized spacial score (nSPS) is 28.7. The number of rotatable bonds is 2. The van der Waals surface area contributed by atoms with Crippen LogP contribution in [0.25, 0.3) is 11.1 Å². The lowest BCUT2D eigenvalue weighted by Crippen LogP contribution is -2.38. The van der Waals surface area contributed by atoms with Gasteiger partial charge in [-0.25, -0.2) is 9.97 Å². The Bertz CT molecular complexity index is 608. The second-order valence-corrected chi connectivity index (χ2v) is 6.45. The number of aromatic nitrogens is 2. The zero-order valence-electron chi connectivity index (χ0n) is 12.4. The first-order valence-corrected chi connectivity index (χ1v) is 7.90. The van der Waals surface area contributed by atoms with Gasteiger partial charge in [-0.3, -0.25) is 4.90 Å². The van der Waals surface area contributed by atoms with E-state index in [4.69, 9.17) is 0 Å². The maximum Gasteiger partial charge on any atom is 0.145 e. The van der Waals surface area contributed by atoms with E-state index in [-0.39, 0.29) is 0 Å². The molecule has 2 aromatic rings. The highest BCUT2D eigenvalue weighted by atomic mass is 15.2. The molecule has 0 spiro atoms. The number of hydrogen-bond acceptors (Lipinski definition) is 3. The van der Waals surface area contributed by atoms with Crippen LogP contribution in [-0.2, 0) is 0 Å². The molecule has 1 aromatic heterocycles. The Hall–Kier alpha value is -1.74. The molecule has 3 atom stereocenters. The minimum absolute atomic E-state index is 0.404. The Balaban J connectivity index is 1.59. The highest BCUT2D eigenvalue weighted by molar-refractivity contribution is 5.60. The van der Waals surface area contributed by atoms with Crippen LogP contribution >= 0.6 is 0 Å². The minimum atomic E-state index is 0.404. The Kier molecular flexibility index (Phi) is 3.23. The molecule has 0 N–H and O–H groups in total. The molecule has 1 aromatic carbocycles. The zero-order chi connectivity index (χ0) is 14.2. The molecule has 2 bridgehead atoms. The molecule has 2 fully saturated rings. The van der Waals surface area contributed by atoms with E-state index in [1.165, 1.54) is 31.2 Å². The van der Waals surface area contributed by atoms with E-state index >= 15 is 0 Å². The molecule has 21 heavy (non-hydrogen) atoms. The molecule has 0 radical (unpaired) electrons. The van der Waals surface area contributed by atoms with E-state index in [0.29, 0.717) is 6.04 Å². The Labute approximate surface area is 126 Å². The van der Waals surface area contributed by atoms with Gasteiger partial charge >= 0.3 is 0 Å². The highest BCUT2D eigenvalue weighted by Crippen LogP contribution is 2.43. The van der Waals surface area contributed by atoms with Crippen molar-refractivity contribution in [3.8, 4) is 11.1 Å². The summed E-state index contributed by atoms with van der Waals surface area (Å²) in [6.07, 6.45) is 9.27. The number of nitrogens with zero attached hydrogens (tertiary/aromatic N) is 3. The number of likely N-dealkylation sites (tertiary alicyclic amines) is 1. The summed E-state index contributed by atoms with van der Waals surface area (Å²) in [5.74, 6) is 1.88. The molecule has 1 aliphatic carbocycles. The largest absolute Gasteiger partial charge is 0.293 e. The van der Waals surface area contributed by atoms with Crippen molar-refractivity contribution in [2.24, 2.45) is 5.92 Å². The van der Waals surface area contributed by atoms with Crippen LogP contribution in [0.1, 0.15) is 37.5 Å². The SMILES string of the molecule is CN1C2CCC(C2)CC1c1ncc(-c2ccccc2)cn1. The number of benzene rings is 1. The van der Waals surface area contributed by atoms with Crippen LogP contribution in [0.2, 0.25) is 0 Å². The van der Waals surface area contributed by atoms with Crippen LogP contribution in [0.5, 0.6) is 0 Å². The fourth-order valence-corrected chi connectivity index (χ4v) is 3.95. The second kappa shape index (κ2) is 5.23. The third kappa shape index (κ3) is 2.36. The van der Waals surface area contributed by atoms with Gasteiger partial charge in [-0.2, -0.15) is 0 Å². The summed E-state index contributed by atoms with van der Waals surface area (Å²) in [5.41, 5.74) is 2.28. The lowest BCUT2D eigenvalue weighted by atomic mass is 9.92. The topological polar surface area (TPSA) is 29.0 Å². The summed E-state index contributed by atoms with van der Waals surface area (Å²) in [6.45, 7) is 0. The number of fused-ring (bicyclic) bond motifs is 2. The summed E-state index contributed by atoms with van der Waals surface area (Å²) in [6, 6.07) is 11.5. The van der Waals surface area contributed by atoms with Crippen molar-refractivity contribution < 1.29 is 0 Å². The molecule has 2 aliphatic rings. The minimum Gasteiger partial charge on any atom is -0.293 e. The Morgan fingerprint density at radius 1 is 0.952 bits per heavy atom. The third-order valence-corrected chi connectivity index (χ3v) is 5.21. The van der Waals surface area contributed by atoms with Crippen LogP contribution < -0.4 is 0 Å². The molecular formula is C18H21N3. The predicted octanol–water partition coefficient (Wildman–Crippen LogP) is 3.69. The maximum atomic E-state index is 4.67. The summed E-state index contributed by atoms with van der Waals surface area (Å²) in [5, 5.41) is 0. The molecule has 3 heteroatoms. The average molecular weight is 279 g/mol. The van der Waals surface area contributed by atoms with Gasteiger partial charge in [-0.15, -0.1) is 0 Å². The van der Waals surface area contributed by atoms with E-state index in [0.717, 1.165) is 23.3 Å². The van der Waals surface area contributed by atoms with E-state index in [1.54, 1.807) is 0 Å². The molecular weight excluding hydrogens is 258 g/mol. The number of hydrogen-bond donors (Lipinski definition) is 0. The van der Waals surface area contributed by atoms with Crippen LogP contribution in [0.4, 0.5) is 0 Å². The van der Waals surface area contributed by atoms with Crippen LogP contribution in [0.3, 0.4) is 0 Å². The molecule has 1 aliphatic heterocycles. The second-order valence-electron chi connectivity index (χ2n) is 6.45. The molecule has 0 amide bonds. The molecule has 1 saturated heterocycles. The number of piperidine rings is 1. The van der Waals surface area contributed by atoms with Gasteiger partial charge in [0, 0.05) is 24.0 Å². The third-order valence-electron chi connectivity index (χ3n) is 5.21. The van der Waals surface area contributed by atoms with Gasteiger partial charge in [-0.1, -0.05) is 30.3 Å². The van der Waals surface area contributed by atoms with Crippen molar-refractivity contribution in [2.75, 3.05) is 7.05 Å². The Morgan fingerprint density at radius 2 is 1.71 bits per heavy atom. The monoisotopic (exact) mass is 279 g/mol. The fourth-order valence-electron chi connectivity index (χ4n) is 3.95. The average Bonchev–Trinajstić information content (AvgIpc) is 2.96. The van der Waals surface area contributed by atoms with Crippen molar-refractivity contribution in [1.82, 2.24) is 14.9 Å². The van der Waals surface area contributed by atoms with Crippen molar-refractivity contribution in [1.29, 1.82) is 0 Å². The summed E-state index contributed by atoms with van der Waals surface area (Å²) >= 11 is 0. The summed E-state index contributed by atoms with van der Waals surface area (Å²) < 4.78 is 0. The first kappa shape index (κ1) is 13.0. The van der Waals surface area contributed by atoms with Gasteiger partial charge in [0.05, 0.1) is 6.04 Å². The first-order chi connectivity index (χ1) is 10.3. The molecule has 1 saturated carbocycles. The quantitative estimate of drug-likeness (QED) is 0.839. The lowest BCUT2D eigenvalue weighted by molar-refractivity contribution is 0.113. The van der Waals surface area contributed by atoms with E-state index < -0.39 is 0 Å². The summed E-state index contributed by atoms with van der Waals surface area (Å²) in [4.78, 5) is 11.8. The van der Waals surface area contributed by atoms with E-state index in [1.807, 2.05) is 18.5 Å². The lowest BCUT2D eigenvalue weighted by Gasteiger charge is -2.36.